The van der Waals surface area contributed by atoms with E-state index in [0.717, 1.165) is 25.2 Å². The molecule has 0 bridgehead atoms. The van der Waals surface area contributed by atoms with E-state index in [1.54, 1.807) is 0 Å². The molecule has 1 atom stereocenters. The van der Waals surface area contributed by atoms with Crippen molar-refractivity contribution in [1.29, 1.82) is 0 Å². The molecule has 0 spiro atoms. The average molecular weight is 381 g/mol. The molecule has 0 fully saturated rings. The number of aldehydes is 1. The summed E-state index contributed by atoms with van der Waals surface area (Å²) in [6, 6.07) is 0. The number of hydrogen-bond acceptors (Lipinski definition) is 1. The van der Waals surface area contributed by atoms with Crippen LogP contribution in [0.1, 0.15) is 150 Å². The van der Waals surface area contributed by atoms with Gasteiger partial charge in [0.05, 0.1) is 0 Å². The van der Waals surface area contributed by atoms with E-state index in [2.05, 4.69) is 27.7 Å². The second kappa shape index (κ2) is 19.0. The van der Waals surface area contributed by atoms with Crippen molar-refractivity contribution >= 4 is 6.29 Å². The van der Waals surface area contributed by atoms with Crippen molar-refractivity contribution in [2.75, 3.05) is 0 Å². The van der Waals surface area contributed by atoms with Crippen LogP contribution >= 0.6 is 0 Å². The highest BCUT2D eigenvalue weighted by Gasteiger charge is 2.25. The van der Waals surface area contributed by atoms with Crippen LogP contribution in [0.25, 0.3) is 0 Å². The van der Waals surface area contributed by atoms with Gasteiger partial charge < -0.3 is 4.79 Å². The normalized spacial score (nSPS) is 13.8. The summed E-state index contributed by atoms with van der Waals surface area (Å²) in [5.41, 5.74) is -0.00913. The summed E-state index contributed by atoms with van der Waals surface area (Å²) in [5.74, 6) is 0.880. The van der Waals surface area contributed by atoms with Crippen LogP contribution in [0.5, 0.6) is 0 Å². The smallest absolute Gasteiger partial charge is 0.126 e. The molecule has 27 heavy (non-hydrogen) atoms. The molecule has 0 aliphatic carbocycles. The van der Waals surface area contributed by atoms with Gasteiger partial charge in [-0.1, -0.05) is 130 Å². The van der Waals surface area contributed by atoms with Gasteiger partial charge in [0.2, 0.25) is 0 Å². The zero-order valence-corrected chi connectivity index (χ0v) is 19.5. The highest BCUT2D eigenvalue weighted by atomic mass is 16.1. The minimum absolute atomic E-state index is 0.00913. The summed E-state index contributed by atoms with van der Waals surface area (Å²) in [4.78, 5) is 11.6. The standard InChI is InChI=1S/C26H52O/c1-5-7-22-26(6-2,24-27)23-20-18-16-14-12-10-8-9-11-13-15-17-19-21-25(3)4/h24-25H,5-23H2,1-4H3. The molecule has 0 aliphatic rings. The summed E-state index contributed by atoms with van der Waals surface area (Å²) < 4.78 is 0. The lowest BCUT2D eigenvalue weighted by molar-refractivity contribution is -0.117. The molecule has 162 valence electrons. The summed E-state index contributed by atoms with van der Waals surface area (Å²) in [6.07, 6.45) is 26.6. The predicted octanol–water partition coefficient (Wildman–Crippen LogP) is 9.28. The molecule has 1 unspecified atom stereocenters. The molecular formula is C26H52O. The van der Waals surface area contributed by atoms with Gasteiger partial charge in [0.25, 0.3) is 0 Å². The molecule has 0 aromatic heterocycles. The Morgan fingerprint density at radius 3 is 1.41 bits per heavy atom. The SMILES string of the molecule is CCCCC(C=O)(CC)CCCCCCCCCCCCCCCC(C)C. The molecule has 0 radical (unpaired) electrons. The van der Waals surface area contributed by atoms with Gasteiger partial charge in [-0.3, -0.25) is 0 Å². The molecule has 0 saturated heterocycles. The number of rotatable bonds is 21. The first-order valence-electron chi connectivity index (χ1n) is 12.6. The first-order valence-corrected chi connectivity index (χ1v) is 12.6. The van der Waals surface area contributed by atoms with Gasteiger partial charge in [-0.05, 0) is 25.2 Å². The predicted molar refractivity (Wildman–Crippen MR) is 122 cm³/mol. The Hall–Kier alpha value is -0.330. The van der Waals surface area contributed by atoms with Gasteiger partial charge in [-0.25, -0.2) is 0 Å². The van der Waals surface area contributed by atoms with Crippen LogP contribution in [0.3, 0.4) is 0 Å². The number of hydrogen-bond donors (Lipinski definition) is 0. The second-order valence-electron chi connectivity index (χ2n) is 9.47. The Morgan fingerprint density at radius 2 is 1.04 bits per heavy atom. The van der Waals surface area contributed by atoms with E-state index in [-0.39, 0.29) is 5.41 Å². The highest BCUT2D eigenvalue weighted by Crippen LogP contribution is 2.32. The summed E-state index contributed by atoms with van der Waals surface area (Å²) in [7, 11) is 0. The Bertz CT molecular complexity index is 309. The molecule has 0 aromatic rings. The van der Waals surface area contributed by atoms with Gasteiger partial charge in [0.15, 0.2) is 0 Å². The van der Waals surface area contributed by atoms with Crippen molar-refractivity contribution in [2.45, 2.75) is 150 Å². The van der Waals surface area contributed by atoms with Crippen LogP contribution in [0.2, 0.25) is 0 Å². The van der Waals surface area contributed by atoms with Crippen molar-refractivity contribution in [3.63, 3.8) is 0 Å². The van der Waals surface area contributed by atoms with Crippen LogP contribution in [0.15, 0.2) is 0 Å². The first-order chi connectivity index (χ1) is 13.1. The Kier molecular flexibility index (Phi) is 18.8. The van der Waals surface area contributed by atoms with E-state index in [0.29, 0.717) is 0 Å². The van der Waals surface area contributed by atoms with Crippen LogP contribution in [-0.4, -0.2) is 6.29 Å². The van der Waals surface area contributed by atoms with E-state index in [9.17, 15) is 4.79 Å². The third-order valence-electron chi connectivity index (χ3n) is 6.44. The largest absolute Gasteiger partial charge is 0.303 e. The van der Waals surface area contributed by atoms with Crippen LogP contribution in [-0.2, 0) is 4.79 Å². The molecule has 0 aromatic carbocycles. The van der Waals surface area contributed by atoms with Gasteiger partial charge in [-0.15, -0.1) is 0 Å². The maximum absolute atomic E-state index is 11.6. The van der Waals surface area contributed by atoms with Crippen molar-refractivity contribution in [3.05, 3.63) is 0 Å². The van der Waals surface area contributed by atoms with E-state index in [1.807, 2.05) is 0 Å². The molecular weight excluding hydrogens is 328 g/mol. The highest BCUT2D eigenvalue weighted by molar-refractivity contribution is 5.59. The quantitative estimate of drug-likeness (QED) is 0.143. The Balaban J connectivity index is 3.38. The molecule has 1 nitrogen and oxygen atoms in total. The van der Waals surface area contributed by atoms with E-state index in [4.69, 9.17) is 0 Å². The second-order valence-corrected chi connectivity index (χ2v) is 9.47. The van der Waals surface area contributed by atoms with Crippen molar-refractivity contribution in [2.24, 2.45) is 11.3 Å². The topological polar surface area (TPSA) is 17.1 Å². The molecule has 0 heterocycles. The number of carbonyl (C=O) groups is 1. The van der Waals surface area contributed by atoms with E-state index in [1.165, 1.54) is 109 Å². The summed E-state index contributed by atoms with van der Waals surface area (Å²) >= 11 is 0. The zero-order chi connectivity index (χ0) is 20.2. The fourth-order valence-corrected chi connectivity index (χ4v) is 4.18. The maximum Gasteiger partial charge on any atom is 0.126 e. The average Bonchev–Trinajstić information content (AvgIpc) is 2.67. The minimum Gasteiger partial charge on any atom is -0.303 e. The molecule has 0 N–H and O–H groups in total. The van der Waals surface area contributed by atoms with Crippen LogP contribution in [0.4, 0.5) is 0 Å². The van der Waals surface area contributed by atoms with Gasteiger partial charge in [-0.2, -0.15) is 0 Å². The lowest BCUT2D eigenvalue weighted by atomic mass is 9.77. The summed E-state index contributed by atoms with van der Waals surface area (Å²) in [5, 5.41) is 0. The lowest BCUT2D eigenvalue weighted by Gasteiger charge is -2.26. The molecule has 0 amide bonds. The van der Waals surface area contributed by atoms with Crippen LogP contribution < -0.4 is 0 Å². The molecule has 1 heteroatoms. The summed E-state index contributed by atoms with van der Waals surface area (Å²) in [6.45, 7) is 9.07. The third-order valence-corrected chi connectivity index (χ3v) is 6.44. The molecule has 0 saturated carbocycles. The van der Waals surface area contributed by atoms with Crippen LogP contribution in [0, 0.1) is 11.3 Å². The third kappa shape index (κ3) is 16.3. The fraction of sp³-hybridized carbons (Fsp3) is 0.962. The van der Waals surface area contributed by atoms with Crippen molar-refractivity contribution in [3.8, 4) is 0 Å². The van der Waals surface area contributed by atoms with Gasteiger partial charge >= 0.3 is 0 Å². The van der Waals surface area contributed by atoms with E-state index < -0.39 is 0 Å². The monoisotopic (exact) mass is 380 g/mol. The zero-order valence-electron chi connectivity index (χ0n) is 19.5. The van der Waals surface area contributed by atoms with Crippen molar-refractivity contribution < 1.29 is 4.79 Å². The molecule has 0 rings (SSSR count). The fourth-order valence-electron chi connectivity index (χ4n) is 4.18. The Morgan fingerprint density at radius 1 is 0.630 bits per heavy atom. The van der Waals surface area contributed by atoms with E-state index >= 15 is 0 Å². The minimum atomic E-state index is -0.00913. The van der Waals surface area contributed by atoms with Crippen molar-refractivity contribution in [1.82, 2.24) is 0 Å². The number of carbonyl (C=O) groups excluding carboxylic acids is 1. The van der Waals surface area contributed by atoms with Gasteiger partial charge in [0.1, 0.15) is 6.29 Å². The van der Waals surface area contributed by atoms with Gasteiger partial charge in [0, 0.05) is 5.41 Å². The Labute approximate surface area is 172 Å². The lowest BCUT2D eigenvalue weighted by Crippen LogP contribution is -2.21. The number of unbranched alkanes of at least 4 members (excludes halogenated alkanes) is 13. The maximum atomic E-state index is 11.6. The first kappa shape index (κ1) is 26.7. The molecule has 0 aliphatic heterocycles.